The molecular formula is C31H36N4O5. The van der Waals surface area contributed by atoms with E-state index in [0.29, 0.717) is 43.3 Å². The number of aryl methyl sites for hydroxylation is 2. The SMILES string of the molecule is COc1c(C)cnc(CN2C[C@@H]3NC(=O)CN(C)C(=O)c4ccc(C)c(c4)Oc4cccc(c4)CO[C@H]3C2)c1C. The molecule has 1 N–H and O–H groups in total. The Morgan fingerprint density at radius 1 is 1.07 bits per heavy atom. The van der Waals surface area contributed by atoms with E-state index in [1.165, 1.54) is 4.90 Å². The minimum Gasteiger partial charge on any atom is -0.496 e. The average Bonchev–Trinajstić information content (AvgIpc) is 3.30. The summed E-state index contributed by atoms with van der Waals surface area (Å²) >= 11 is 0. The lowest BCUT2D eigenvalue weighted by atomic mass is 10.1. The summed E-state index contributed by atoms with van der Waals surface area (Å²) in [6, 6.07) is 12.8. The van der Waals surface area contributed by atoms with Crippen molar-refractivity contribution in [2.24, 2.45) is 0 Å². The molecule has 3 aromatic rings. The molecule has 0 saturated carbocycles. The van der Waals surface area contributed by atoms with E-state index < -0.39 is 0 Å². The van der Waals surface area contributed by atoms with Crippen LogP contribution in [0.3, 0.4) is 0 Å². The van der Waals surface area contributed by atoms with Crippen LogP contribution in [0.15, 0.2) is 48.7 Å². The van der Waals surface area contributed by atoms with Crippen molar-refractivity contribution >= 4 is 11.8 Å². The van der Waals surface area contributed by atoms with Crippen LogP contribution in [0.5, 0.6) is 17.2 Å². The van der Waals surface area contributed by atoms with Gasteiger partial charge in [0.2, 0.25) is 5.91 Å². The minimum atomic E-state index is -0.253. The molecule has 2 aromatic carbocycles. The van der Waals surface area contributed by atoms with Crippen molar-refractivity contribution in [3.05, 3.63) is 82.2 Å². The second kappa shape index (κ2) is 11.7. The largest absolute Gasteiger partial charge is 0.496 e. The van der Waals surface area contributed by atoms with Crippen LogP contribution in [0.1, 0.15) is 38.3 Å². The molecule has 2 atom stereocenters. The Morgan fingerprint density at radius 2 is 1.90 bits per heavy atom. The first-order valence-electron chi connectivity index (χ1n) is 13.5. The fourth-order valence-electron chi connectivity index (χ4n) is 5.36. The standard InChI is InChI=1S/C31H36N4O5/c1-19-9-10-23-12-27(19)40-24-8-6-7-22(11-24)18-39-28-16-35(14-25-21(3)30(38-5)20(2)13-32-25)15-26(28)33-29(36)17-34(4)31(23)37/h6-13,26,28H,14-18H2,1-5H3,(H,33,36)/t26-,28-/m0/s1. The summed E-state index contributed by atoms with van der Waals surface area (Å²) in [6.07, 6.45) is 1.58. The first-order valence-corrected chi connectivity index (χ1v) is 13.5. The molecular weight excluding hydrogens is 508 g/mol. The third kappa shape index (κ3) is 5.95. The molecule has 1 saturated heterocycles. The van der Waals surface area contributed by atoms with E-state index in [0.717, 1.165) is 33.7 Å². The average molecular weight is 545 g/mol. The summed E-state index contributed by atoms with van der Waals surface area (Å²) in [7, 11) is 3.30. The van der Waals surface area contributed by atoms with Gasteiger partial charge in [-0.25, -0.2) is 0 Å². The van der Waals surface area contributed by atoms with E-state index in [9.17, 15) is 9.59 Å². The number of carbonyl (C=O) groups excluding carboxylic acids is 2. The lowest BCUT2D eigenvalue weighted by Gasteiger charge is -2.23. The van der Waals surface area contributed by atoms with Crippen LogP contribution in [0.2, 0.25) is 0 Å². The Morgan fingerprint density at radius 3 is 2.70 bits per heavy atom. The third-order valence-electron chi connectivity index (χ3n) is 7.56. The van der Waals surface area contributed by atoms with Gasteiger partial charge in [-0.1, -0.05) is 18.2 Å². The van der Waals surface area contributed by atoms with E-state index in [1.54, 1.807) is 26.3 Å². The zero-order chi connectivity index (χ0) is 28.4. The number of rotatable bonds is 3. The Kier molecular flexibility index (Phi) is 8.04. The highest BCUT2D eigenvalue weighted by Crippen LogP contribution is 2.29. The highest BCUT2D eigenvalue weighted by molar-refractivity contribution is 5.96. The number of benzene rings is 2. The van der Waals surface area contributed by atoms with Gasteiger partial charge in [0, 0.05) is 49.6 Å². The van der Waals surface area contributed by atoms with Gasteiger partial charge in [-0.2, -0.15) is 0 Å². The summed E-state index contributed by atoms with van der Waals surface area (Å²) < 4.78 is 18.2. The van der Waals surface area contributed by atoms with Gasteiger partial charge in [0.1, 0.15) is 17.2 Å². The van der Waals surface area contributed by atoms with E-state index in [4.69, 9.17) is 14.2 Å². The van der Waals surface area contributed by atoms with Gasteiger partial charge in [0.25, 0.3) is 5.91 Å². The lowest BCUT2D eigenvalue weighted by Crippen LogP contribution is -2.48. The molecule has 40 heavy (non-hydrogen) atoms. The molecule has 210 valence electrons. The van der Waals surface area contributed by atoms with Gasteiger partial charge < -0.3 is 24.4 Å². The Hall–Kier alpha value is -3.95. The summed E-state index contributed by atoms with van der Waals surface area (Å²) in [5.74, 6) is 1.62. The number of carbonyl (C=O) groups is 2. The number of pyridine rings is 1. The number of aromatic nitrogens is 1. The van der Waals surface area contributed by atoms with Crippen molar-refractivity contribution in [2.45, 2.75) is 46.1 Å². The molecule has 0 unspecified atom stereocenters. The Labute approximate surface area is 235 Å². The lowest BCUT2D eigenvalue weighted by molar-refractivity contribution is -0.123. The van der Waals surface area contributed by atoms with E-state index in [2.05, 4.69) is 15.2 Å². The van der Waals surface area contributed by atoms with Crippen molar-refractivity contribution in [1.82, 2.24) is 20.1 Å². The van der Waals surface area contributed by atoms with Gasteiger partial charge in [-0.3, -0.25) is 19.5 Å². The number of hydrogen-bond acceptors (Lipinski definition) is 7. The number of ether oxygens (including phenoxy) is 3. The predicted octanol–water partition coefficient (Wildman–Crippen LogP) is 3.78. The van der Waals surface area contributed by atoms with Gasteiger partial charge in [-0.15, -0.1) is 0 Å². The van der Waals surface area contributed by atoms with Gasteiger partial charge in [0.05, 0.1) is 38.1 Å². The van der Waals surface area contributed by atoms with Crippen LogP contribution in [0, 0.1) is 20.8 Å². The van der Waals surface area contributed by atoms with Gasteiger partial charge >= 0.3 is 0 Å². The molecule has 5 rings (SSSR count). The Balaban J connectivity index is 1.40. The second-order valence-electron chi connectivity index (χ2n) is 10.7. The molecule has 2 aliphatic heterocycles. The monoisotopic (exact) mass is 544 g/mol. The number of fused-ring (bicyclic) bond motifs is 5. The third-order valence-corrected chi connectivity index (χ3v) is 7.56. The molecule has 0 aliphatic carbocycles. The number of hydrogen-bond donors (Lipinski definition) is 1. The number of nitrogens with zero attached hydrogens (tertiary/aromatic N) is 3. The molecule has 9 nitrogen and oxygen atoms in total. The van der Waals surface area contributed by atoms with Crippen LogP contribution < -0.4 is 14.8 Å². The van der Waals surface area contributed by atoms with Crippen LogP contribution >= 0.6 is 0 Å². The summed E-state index contributed by atoms with van der Waals surface area (Å²) in [5.41, 5.74) is 5.26. The van der Waals surface area contributed by atoms with Gasteiger partial charge in [0.15, 0.2) is 0 Å². The highest BCUT2D eigenvalue weighted by Gasteiger charge is 2.35. The Bertz CT molecular complexity index is 1420. The number of nitrogens with one attached hydrogen (secondary N) is 1. The first kappa shape index (κ1) is 27.6. The zero-order valence-corrected chi connectivity index (χ0v) is 23.7. The first-order chi connectivity index (χ1) is 19.2. The molecule has 1 fully saturated rings. The van der Waals surface area contributed by atoms with Crippen molar-refractivity contribution in [3.8, 4) is 17.2 Å². The zero-order valence-electron chi connectivity index (χ0n) is 23.7. The molecule has 0 spiro atoms. The molecule has 1 aromatic heterocycles. The fourth-order valence-corrected chi connectivity index (χ4v) is 5.36. The highest BCUT2D eigenvalue weighted by atomic mass is 16.5. The number of likely N-dealkylation sites (tertiary alicyclic amines) is 1. The summed E-state index contributed by atoms with van der Waals surface area (Å²) in [4.78, 5) is 34.6. The van der Waals surface area contributed by atoms with E-state index in [-0.39, 0.29) is 30.5 Å². The van der Waals surface area contributed by atoms with Crippen molar-refractivity contribution in [1.29, 1.82) is 0 Å². The van der Waals surface area contributed by atoms with Crippen molar-refractivity contribution < 1.29 is 23.8 Å². The van der Waals surface area contributed by atoms with Crippen LogP contribution in [0.4, 0.5) is 0 Å². The summed E-state index contributed by atoms with van der Waals surface area (Å²) in [6.45, 7) is 8.05. The fraction of sp³-hybridized carbons (Fsp3) is 0.387. The number of likely N-dealkylation sites (N-methyl/N-ethyl adjacent to an activating group) is 1. The van der Waals surface area contributed by atoms with Crippen molar-refractivity contribution in [3.63, 3.8) is 0 Å². The smallest absolute Gasteiger partial charge is 0.254 e. The maximum atomic E-state index is 13.2. The topological polar surface area (TPSA) is 93.2 Å². The minimum absolute atomic E-state index is 0.0685. The molecule has 4 bridgehead atoms. The predicted molar refractivity (Wildman–Crippen MR) is 151 cm³/mol. The van der Waals surface area contributed by atoms with Crippen molar-refractivity contribution in [2.75, 3.05) is 33.8 Å². The molecule has 3 heterocycles. The number of methoxy groups -OCH3 is 1. The van der Waals surface area contributed by atoms with Crippen LogP contribution in [-0.4, -0.2) is 72.5 Å². The van der Waals surface area contributed by atoms with Crippen LogP contribution in [-0.2, 0) is 22.7 Å². The summed E-state index contributed by atoms with van der Waals surface area (Å²) in [5, 5.41) is 3.13. The molecule has 0 radical (unpaired) electrons. The second-order valence-corrected chi connectivity index (χ2v) is 10.7. The van der Waals surface area contributed by atoms with E-state index >= 15 is 0 Å². The maximum absolute atomic E-state index is 13.2. The van der Waals surface area contributed by atoms with E-state index in [1.807, 2.05) is 57.3 Å². The normalized spacial score (nSPS) is 20.1. The maximum Gasteiger partial charge on any atom is 0.254 e. The number of amides is 2. The molecule has 2 aliphatic rings. The van der Waals surface area contributed by atoms with Crippen LogP contribution in [0.25, 0.3) is 0 Å². The quantitative estimate of drug-likeness (QED) is 0.537. The molecule has 9 heteroatoms. The molecule has 2 amide bonds. The van der Waals surface area contributed by atoms with Gasteiger partial charge in [-0.05, 0) is 56.2 Å².